The first kappa shape index (κ1) is 16.3. The lowest BCUT2D eigenvalue weighted by atomic mass is 10.2. The van der Waals surface area contributed by atoms with Crippen molar-refractivity contribution in [2.45, 2.75) is 6.54 Å². The Morgan fingerprint density at radius 2 is 1.79 bits per heavy atom. The highest BCUT2D eigenvalue weighted by molar-refractivity contribution is 8.18. The van der Waals surface area contributed by atoms with Crippen molar-refractivity contribution in [3.05, 3.63) is 70.6 Å². The average Bonchev–Trinajstić information content (AvgIpc) is 2.94. The Morgan fingerprint density at radius 3 is 2.46 bits per heavy atom. The minimum absolute atomic E-state index is 0.0940. The lowest BCUT2D eigenvalue weighted by molar-refractivity contribution is -0.115. The van der Waals surface area contributed by atoms with Gasteiger partial charge in [-0.05, 0) is 41.1 Å². The van der Waals surface area contributed by atoms with Gasteiger partial charge in [0.15, 0.2) is 5.17 Å². The summed E-state index contributed by atoms with van der Waals surface area (Å²) in [6.45, 7) is 0.564. The number of amides is 1. The van der Waals surface area contributed by atoms with Gasteiger partial charge in [-0.2, -0.15) is 0 Å². The van der Waals surface area contributed by atoms with E-state index in [2.05, 4.69) is 10.3 Å². The standard InChI is InChI=1S/C19H19N3OS/c1-22(2)16-10-8-14(9-11-16)12-17-18(23)21-19(24-17)20-13-15-6-4-3-5-7-15/h3-12H,13H2,1-2H3,(H,20,21,23). The van der Waals surface area contributed by atoms with Gasteiger partial charge in [0.1, 0.15) is 0 Å². The summed E-state index contributed by atoms with van der Waals surface area (Å²) in [4.78, 5) is 19.3. The predicted octanol–water partition coefficient (Wildman–Crippen LogP) is 3.51. The van der Waals surface area contributed by atoms with Crippen molar-refractivity contribution < 1.29 is 4.79 Å². The van der Waals surface area contributed by atoms with Crippen LogP contribution in [0.2, 0.25) is 0 Å². The highest BCUT2D eigenvalue weighted by atomic mass is 32.2. The minimum atomic E-state index is -0.0940. The van der Waals surface area contributed by atoms with Gasteiger partial charge in [0.25, 0.3) is 5.91 Å². The summed E-state index contributed by atoms with van der Waals surface area (Å²) in [7, 11) is 4.01. The summed E-state index contributed by atoms with van der Waals surface area (Å²) in [5.41, 5.74) is 3.25. The molecule has 1 N–H and O–H groups in total. The van der Waals surface area contributed by atoms with E-state index < -0.39 is 0 Å². The number of hydrogen-bond donors (Lipinski definition) is 1. The smallest absolute Gasteiger partial charge is 0.264 e. The summed E-state index contributed by atoms with van der Waals surface area (Å²) in [6.07, 6.45) is 1.89. The molecule has 3 rings (SSSR count). The molecule has 0 aromatic heterocycles. The van der Waals surface area contributed by atoms with Gasteiger partial charge in [0.2, 0.25) is 0 Å². The maximum absolute atomic E-state index is 12.1. The molecule has 0 aliphatic carbocycles. The number of amidine groups is 1. The Morgan fingerprint density at radius 1 is 1.08 bits per heavy atom. The van der Waals surface area contributed by atoms with Crippen LogP contribution in [-0.2, 0) is 11.3 Å². The third kappa shape index (κ3) is 4.06. The third-order valence-corrected chi connectivity index (χ3v) is 4.55. The van der Waals surface area contributed by atoms with Crippen LogP contribution in [0.1, 0.15) is 11.1 Å². The van der Waals surface area contributed by atoms with Crippen LogP contribution in [0.3, 0.4) is 0 Å². The van der Waals surface area contributed by atoms with Crippen LogP contribution in [0.4, 0.5) is 5.69 Å². The van der Waals surface area contributed by atoms with E-state index in [1.807, 2.05) is 79.7 Å². The molecule has 1 aliphatic heterocycles. The molecule has 1 amide bonds. The summed E-state index contributed by atoms with van der Waals surface area (Å²) < 4.78 is 0. The summed E-state index contributed by atoms with van der Waals surface area (Å²) >= 11 is 1.38. The quantitative estimate of drug-likeness (QED) is 0.868. The van der Waals surface area contributed by atoms with Crippen LogP contribution in [0, 0.1) is 0 Å². The number of carbonyl (C=O) groups excluding carboxylic acids is 1. The second-order valence-electron chi connectivity index (χ2n) is 5.66. The minimum Gasteiger partial charge on any atom is -0.378 e. The molecule has 0 saturated carbocycles. The van der Waals surface area contributed by atoms with E-state index in [0.717, 1.165) is 16.8 Å². The zero-order valence-corrected chi connectivity index (χ0v) is 14.5. The van der Waals surface area contributed by atoms with E-state index in [9.17, 15) is 4.79 Å². The van der Waals surface area contributed by atoms with E-state index in [4.69, 9.17) is 0 Å². The average molecular weight is 337 g/mol. The van der Waals surface area contributed by atoms with Gasteiger partial charge in [-0.1, -0.05) is 42.5 Å². The van der Waals surface area contributed by atoms with Gasteiger partial charge in [-0.15, -0.1) is 0 Å². The van der Waals surface area contributed by atoms with Gasteiger partial charge < -0.3 is 10.2 Å². The fourth-order valence-corrected chi connectivity index (χ4v) is 3.09. The van der Waals surface area contributed by atoms with Crippen LogP contribution >= 0.6 is 11.8 Å². The number of benzene rings is 2. The third-order valence-electron chi connectivity index (χ3n) is 3.61. The fraction of sp³-hybridized carbons (Fsp3) is 0.158. The van der Waals surface area contributed by atoms with E-state index in [1.54, 1.807) is 0 Å². The van der Waals surface area contributed by atoms with E-state index in [-0.39, 0.29) is 5.91 Å². The highest BCUT2D eigenvalue weighted by Gasteiger charge is 2.23. The monoisotopic (exact) mass is 337 g/mol. The molecule has 0 bridgehead atoms. The number of thioether (sulfide) groups is 1. The van der Waals surface area contributed by atoms with Crippen molar-refractivity contribution in [2.24, 2.45) is 4.99 Å². The van der Waals surface area contributed by atoms with Gasteiger partial charge in [-0.25, -0.2) is 0 Å². The molecule has 0 spiro atoms. The highest BCUT2D eigenvalue weighted by Crippen LogP contribution is 2.26. The van der Waals surface area contributed by atoms with Crippen LogP contribution in [-0.4, -0.2) is 25.2 Å². The Labute approximate surface area is 146 Å². The summed E-state index contributed by atoms with van der Waals surface area (Å²) in [6, 6.07) is 18.1. The molecular weight excluding hydrogens is 318 g/mol. The number of carbonyl (C=O) groups is 1. The molecule has 24 heavy (non-hydrogen) atoms. The molecule has 0 atom stereocenters. The summed E-state index contributed by atoms with van der Waals surface area (Å²) in [5, 5.41) is 3.47. The first-order chi connectivity index (χ1) is 11.6. The van der Waals surface area contributed by atoms with Crippen molar-refractivity contribution in [2.75, 3.05) is 19.0 Å². The second-order valence-corrected chi connectivity index (χ2v) is 6.69. The lowest BCUT2D eigenvalue weighted by Crippen LogP contribution is -2.19. The van der Waals surface area contributed by atoms with Crippen molar-refractivity contribution >= 4 is 34.6 Å². The predicted molar refractivity (Wildman–Crippen MR) is 102 cm³/mol. The molecule has 1 heterocycles. The number of rotatable bonds is 4. The molecule has 2 aromatic carbocycles. The summed E-state index contributed by atoms with van der Waals surface area (Å²) in [5.74, 6) is -0.0940. The number of nitrogens with one attached hydrogen (secondary N) is 1. The Hall–Kier alpha value is -2.53. The maximum Gasteiger partial charge on any atom is 0.264 e. The molecule has 1 saturated heterocycles. The van der Waals surface area contributed by atoms with Crippen molar-refractivity contribution in [1.82, 2.24) is 5.32 Å². The first-order valence-electron chi connectivity index (χ1n) is 7.68. The normalized spacial score (nSPS) is 17.3. The molecule has 5 heteroatoms. The number of anilines is 1. The Kier molecular flexibility index (Phi) is 5.01. The molecule has 1 fully saturated rings. The maximum atomic E-state index is 12.1. The van der Waals surface area contributed by atoms with Crippen LogP contribution < -0.4 is 10.2 Å². The van der Waals surface area contributed by atoms with Gasteiger partial charge >= 0.3 is 0 Å². The van der Waals surface area contributed by atoms with Gasteiger partial charge in [0, 0.05) is 19.8 Å². The SMILES string of the molecule is CN(C)c1ccc(C=C2SC(=NCc3ccccc3)NC2=O)cc1. The molecular formula is C19H19N3OS. The number of nitrogens with zero attached hydrogens (tertiary/aromatic N) is 2. The molecule has 1 aliphatic rings. The van der Waals surface area contributed by atoms with Crippen molar-refractivity contribution in [1.29, 1.82) is 0 Å². The Bertz CT molecular complexity index is 780. The van der Waals surface area contributed by atoms with Crippen LogP contribution in [0.15, 0.2) is 64.5 Å². The second kappa shape index (κ2) is 7.36. The zero-order valence-electron chi connectivity index (χ0n) is 13.7. The van der Waals surface area contributed by atoms with E-state index in [0.29, 0.717) is 16.6 Å². The van der Waals surface area contributed by atoms with Crippen LogP contribution in [0.5, 0.6) is 0 Å². The van der Waals surface area contributed by atoms with Crippen molar-refractivity contribution in [3.63, 3.8) is 0 Å². The van der Waals surface area contributed by atoms with Gasteiger partial charge in [0.05, 0.1) is 11.4 Å². The van der Waals surface area contributed by atoms with E-state index >= 15 is 0 Å². The topological polar surface area (TPSA) is 44.7 Å². The molecule has 4 nitrogen and oxygen atoms in total. The molecule has 0 radical (unpaired) electrons. The first-order valence-corrected chi connectivity index (χ1v) is 8.50. The Balaban J connectivity index is 1.70. The van der Waals surface area contributed by atoms with Crippen LogP contribution in [0.25, 0.3) is 6.08 Å². The number of hydrogen-bond acceptors (Lipinski definition) is 4. The molecule has 0 unspecified atom stereocenters. The largest absolute Gasteiger partial charge is 0.378 e. The number of aliphatic imine (C=N–C) groups is 1. The van der Waals surface area contributed by atoms with E-state index in [1.165, 1.54) is 11.8 Å². The van der Waals surface area contributed by atoms with Gasteiger partial charge in [-0.3, -0.25) is 9.79 Å². The zero-order chi connectivity index (χ0) is 16.9. The molecule has 122 valence electrons. The van der Waals surface area contributed by atoms with Crippen molar-refractivity contribution in [3.8, 4) is 0 Å². The fourth-order valence-electron chi connectivity index (χ4n) is 2.27. The molecule has 2 aromatic rings. The lowest BCUT2D eigenvalue weighted by Gasteiger charge is -2.11.